The molecular formula is C23H23N3O4S. The molecule has 0 bridgehead atoms. The monoisotopic (exact) mass is 437 g/mol. The van der Waals surface area contributed by atoms with Gasteiger partial charge in [0, 0.05) is 0 Å². The predicted octanol–water partition coefficient (Wildman–Crippen LogP) is 5.57. The number of benzene rings is 2. The molecule has 0 saturated carbocycles. The summed E-state index contributed by atoms with van der Waals surface area (Å²) in [6.07, 6.45) is 0. The van der Waals surface area contributed by atoms with Crippen LogP contribution in [0.1, 0.15) is 19.6 Å². The van der Waals surface area contributed by atoms with Crippen molar-refractivity contribution in [3.8, 4) is 34.5 Å². The zero-order valence-electron chi connectivity index (χ0n) is 17.3. The molecule has 0 saturated heterocycles. The first-order chi connectivity index (χ1) is 15.2. The van der Waals surface area contributed by atoms with Crippen molar-refractivity contribution >= 4 is 12.2 Å². The van der Waals surface area contributed by atoms with Crippen LogP contribution in [0.4, 0.5) is 0 Å². The molecule has 2 aromatic carbocycles. The van der Waals surface area contributed by atoms with Crippen molar-refractivity contribution < 1.29 is 18.6 Å². The van der Waals surface area contributed by atoms with E-state index in [1.807, 2.05) is 79.1 Å². The first-order valence-corrected chi connectivity index (χ1v) is 10.4. The molecule has 4 aromatic rings. The van der Waals surface area contributed by atoms with E-state index in [-0.39, 0.29) is 0 Å². The van der Waals surface area contributed by atoms with E-state index in [4.69, 9.17) is 30.8 Å². The Morgan fingerprint density at radius 1 is 0.839 bits per heavy atom. The lowest BCUT2D eigenvalue weighted by Crippen LogP contribution is -1.98. The van der Waals surface area contributed by atoms with Crippen molar-refractivity contribution in [3.63, 3.8) is 0 Å². The van der Waals surface area contributed by atoms with Crippen LogP contribution in [0.3, 0.4) is 0 Å². The van der Waals surface area contributed by atoms with Crippen molar-refractivity contribution in [1.29, 1.82) is 0 Å². The number of ether oxygens (including phenoxy) is 3. The molecule has 4 rings (SSSR count). The number of hydrogen-bond acceptors (Lipinski definition) is 6. The molecular weight excluding hydrogens is 414 g/mol. The quantitative estimate of drug-likeness (QED) is 0.345. The van der Waals surface area contributed by atoms with Gasteiger partial charge in [0.05, 0.1) is 18.9 Å². The van der Waals surface area contributed by atoms with Crippen LogP contribution in [-0.4, -0.2) is 28.0 Å². The van der Waals surface area contributed by atoms with E-state index in [0.29, 0.717) is 41.9 Å². The molecule has 2 aromatic heterocycles. The molecule has 0 unspecified atom stereocenters. The molecule has 0 aliphatic rings. The highest BCUT2D eigenvalue weighted by molar-refractivity contribution is 7.71. The standard InChI is InChI=1S/C23H23N3O4S/c1-3-27-17-7-5-16(6-8-17)26-22(24-25-23(26)31)21-14-13-20(30-21)15-29-19-11-9-18(10-12-19)28-4-2/h5-14H,3-4,15H2,1-2H3,(H,25,31). The lowest BCUT2D eigenvalue weighted by molar-refractivity contribution is 0.271. The third-order valence-electron chi connectivity index (χ3n) is 4.48. The van der Waals surface area contributed by atoms with Crippen LogP contribution >= 0.6 is 12.2 Å². The maximum Gasteiger partial charge on any atom is 0.202 e. The van der Waals surface area contributed by atoms with Gasteiger partial charge >= 0.3 is 0 Å². The Labute approximate surface area is 185 Å². The van der Waals surface area contributed by atoms with Crippen molar-refractivity contribution in [2.24, 2.45) is 0 Å². The number of rotatable bonds is 9. The van der Waals surface area contributed by atoms with E-state index in [1.165, 1.54) is 0 Å². The van der Waals surface area contributed by atoms with E-state index in [2.05, 4.69) is 10.2 Å². The molecule has 0 aliphatic heterocycles. The minimum absolute atomic E-state index is 0.294. The molecule has 2 heterocycles. The fraction of sp³-hybridized carbons (Fsp3) is 0.217. The topological polar surface area (TPSA) is 74.4 Å². The van der Waals surface area contributed by atoms with Gasteiger partial charge in [-0.05, 0) is 86.7 Å². The Morgan fingerprint density at radius 3 is 2.03 bits per heavy atom. The summed E-state index contributed by atoms with van der Waals surface area (Å²) in [6.45, 7) is 5.44. The minimum Gasteiger partial charge on any atom is -0.494 e. The summed E-state index contributed by atoms with van der Waals surface area (Å²) < 4.78 is 25.0. The second kappa shape index (κ2) is 9.53. The first kappa shape index (κ1) is 20.7. The SMILES string of the molecule is CCOc1ccc(OCc2ccc(-c3n[nH]c(=S)n3-c3ccc(OCC)cc3)o2)cc1. The molecule has 0 aliphatic carbocycles. The van der Waals surface area contributed by atoms with Crippen LogP contribution in [0.25, 0.3) is 17.3 Å². The number of nitrogens with one attached hydrogen (secondary N) is 1. The number of H-pyrrole nitrogens is 1. The van der Waals surface area contributed by atoms with Crippen LogP contribution < -0.4 is 14.2 Å². The minimum atomic E-state index is 0.294. The zero-order chi connectivity index (χ0) is 21.6. The molecule has 31 heavy (non-hydrogen) atoms. The molecule has 0 amide bonds. The second-order valence-electron chi connectivity index (χ2n) is 6.57. The van der Waals surface area contributed by atoms with Gasteiger partial charge in [-0.2, -0.15) is 5.10 Å². The highest BCUT2D eigenvalue weighted by Gasteiger charge is 2.15. The molecule has 1 N–H and O–H groups in total. The maximum atomic E-state index is 5.97. The van der Waals surface area contributed by atoms with E-state index < -0.39 is 0 Å². The van der Waals surface area contributed by atoms with Crippen molar-refractivity contribution in [2.45, 2.75) is 20.5 Å². The Hall–Kier alpha value is -3.52. The molecule has 0 spiro atoms. The lowest BCUT2D eigenvalue weighted by Gasteiger charge is -2.08. The van der Waals surface area contributed by atoms with Crippen molar-refractivity contribution in [1.82, 2.24) is 14.8 Å². The molecule has 7 nitrogen and oxygen atoms in total. The zero-order valence-corrected chi connectivity index (χ0v) is 18.1. The third kappa shape index (κ3) is 4.80. The number of nitrogens with zero attached hydrogens (tertiary/aromatic N) is 2. The van der Waals surface area contributed by atoms with Crippen LogP contribution in [0.15, 0.2) is 65.1 Å². The van der Waals surface area contributed by atoms with Crippen molar-refractivity contribution in [3.05, 3.63) is 71.2 Å². The highest BCUT2D eigenvalue weighted by atomic mass is 32.1. The summed E-state index contributed by atoms with van der Waals surface area (Å²) in [5, 5.41) is 7.18. The average molecular weight is 438 g/mol. The third-order valence-corrected chi connectivity index (χ3v) is 4.75. The van der Waals surface area contributed by atoms with Crippen molar-refractivity contribution in [2.75, 3.05) is 13.2 Å². The van der Waals surface area contributed by atoms with Gasteiger partial charge in [0.15, 0.2) is 10.5 Å². The Balaban J connectivity index is 1.49. The number of furan rings is 1. The van der Waals surface area contributed by atoms with Gasteiger partial charge in [0.25, 0.3) is 0 Å². The Kier molecular flexibility index (Phi) is 6.37. The van der Waals surface area contributed by atoms with Gasteiger partial charge in [-0.3, -0.25) is 9.67 Å². The van der Waals surface area contributed by atoms with Crippen LogP contribution in [-0.2, 0) is 6.61 Å². The summed E-state index contributed by atoms with van der Waals surface area (Å²) in [6, 6.07) is 18.9. The van der Waals surface area contributed by atoms with Crippen LogP contribution in [0, 0.1) is 4.77 Å². The van der Waals surface area contributed by atoms with Gasteiger partial charge in [0.2, 0.25) is 5.82 Å². The summed E-state index contributed by atoms with van der Waals surface area (Å²) in [5.74, 6) is 4.20. The van der Waals surface area contributed by atoms with Gasteiger partial charge in [-0.15, -0.1) is 0 Å². The second-order valence-corrected chi connectivity index (χ2v) is 6.96. The van der Waals surface area contributed by atoms with Gasteiger partial charge in [-0.1, -0.05) is 0 Å². The summed E-state index contributed by atoms with van der Waals surface area (Å²) in [7, 11) is 0. The summed E-state index contributed by atoms with van der Waals surface area (Å²) >= 11 is 5.43. The summed E-state index contributed by atoms with van der Waals surface area (Å²) in [4.78, 5) is 0. The number of aromatic nitrogens is 3. The van der Waals surface area contributed by atoms with Crippen LogP contribution in [0.2, 0.25) is 0 Å². The fourth-order valence-electron chi connectivity index (χ4n) is 3.09. The Bertz CT molecular complexity index is 1180. The van der Waals surface area contributed by atoms with E-state index >= 15 is 0 Å². The normalized spacial score (nSPS) is 10.8. The smallest absolute Gasteiger partial charge is 0.202 e. The lowest BCUT2D eigenvalue weighted by atomic mass is 10.3. The van der Waals surface area contributed by atoms with E-state index in [0.717, 1.165) is 22.9 Å². The fourth-order valence-corrected chi connectivity index (χ4v) is 3.33. The van der Waals surface area contributed by atoms with Crippen LogP contribution in [0.5, 0.6) is 17.2 Å². The molecule has 0 fully saturated rings. The van der Waals surface area contributed by atoms with E-state index in [9.17, 15) is 0 Å². The molecule has 0 radical (unpaired) electrons. The predicted molar refractivity (Wildman–Crippen MR) is 120 cm³/mol. The highest BCUT2D eigenvalue weighted by Crippen LogP contribution is 2.26. The largest absolute Gasteiger partial charge is 0.494 e. The first-order valence-electron chi connectivity index (χ1n) is 10.0. The van der Waals surface area contributed by atoms with Gasteiger partial charge in [0.1, 0.15) is 29.6 Å². The van der Waals surface area contributed by atoms with Gasteiger partial charge in [-0.25, -0.2) is 0 Å². The summed E-state index contributed by atoms with van der Waals surface area (Å²) in [5.41, 5.74) is 0.862. The van der Waals surface area contributed by atoms with E-state index in [1.54, 1.807) is 0 Å². The molecule has 160 valence electrons. The average Bonchev–Trinajstić information content (AvgIpc) is 3.41. The number of hydrogen-bond donors (Lipinski definition) is 1. The number of aromatic amines is 1. The maximum absolute atomic E-state index is 5.97. The Morgan fingerprint density at radius 2 is 1.42 bits per heavy atom. The molecule has 0 atom stereocenters. The molecule has 8 heteroatoms. The van der Waals surface area contributed by atoms with Gasteiger partial charge < -0.3 is 18.6 Å².